The molecule has 0 bridgehead atoms. The van der Waals surface area contributed by atoms with Gasteiger partial charge in [0.2, 0.25) is 0 Å². The molecule has 6 heteroatoms. The number of carbonyl (C=O) groups is 1. The summed E-state index contributed by atoms with van der Waals surface area (Å²) in [4.78, 5) is 20.6. The van der Waals surface area contributed by atoms with Gasteiger partial charge in [0, 0.05) is 16.2 Å². The van der Waals surface area contributed by atoms with Crippen LogP contribution in [0.5, 0.6) is 0 Å². The lowest BCUT2D eigenvalue weighted by atomic mass is 10.2. The largest absolute Gasteiger partial charge is 0.339 e. The molecule has 0 radical (unpaired) electrons. The number of aryl methyl sites for hydroxylation is 1. The Hall–Kier alpha value is -2.73. The fraction of sp³-hybridized carbons (Fsp3) is 0.0556. The maximum Gasteiger partial charge on any atom is 0.274 e. The molecule has 24 heavy (non-hydrogen) atoms. The Morgan fingerprint density at radius 2 is 1.71 bits per heavy atom. The van der Waals surface area contributed by atoms with Crippen molar-refractivity contribution in [3.63, 3.8) is 0 Å². The summed E-state index contributed by atoms with van der Waals surface area (Å²) in [6, 6.07) is 16.9. The Morgan fingerprint density at radius 1 is 1.00 bits per heavy atom. The molecule has 5 nitrogen and oxygen atoms in total. The Kier molecular flexibility index (Phi) is 4.86. The van der Waals surface area contributed by atoms with Crippen molar-refractivity contribution in [2.75, 3.05) is 10.6 Å². The minimum Gasteiger partial charge on any atom is -0.339 e. The molecule has 1 heterocycles. The maximum atomic E-state index is 12.4. The van der Waals surface area contributed by atoms with Crippen LogP contribution < -0.4 is 10.6 Å². The third-order valence-corrected chi connectivity index (χ3v) is 4.12. The zero-order valence-electron chi connectivity index (χ0n) is 13.0. The highest BCUT2D eigenvalue weighted by Gasteiger charge is 2.11. The second kappa shape index (κ2) is 7.23. The number of amides is 1. The number of para-hydroxylation sites is 2. The number of hydrogen-bond donors (Lipinski definition) is 2. The van der Waals surface area contributed by atoms with Crippen molar-refractivity contribution in [1.29, 1.82) is 0 Å². The van der Waals surface area contributed by atoms with Crippen LogP contribution in [0, 0.1) is 6.92 Å². The van der Waals surface area contributed by atoms with Gasteiger partial charge in [0.05, 0.1) is 5.69 Å². The van der Waals surface area contributed by atoms with Crippen LogP contribution in [0.15, 0.2) is 65.4 Å². The van der Waals surface area contributed by atoms with E-state index in [0.29, 0.717) is 11.5 Å². The second-order valence-corrected chi connectivity index (χ2v) is 6.02. The van der Waals surface area contributed by atoms with Gasteiger partial charge in [0.15, 0.2) is 0 Å². The monoisotopic (exact) mass is 382 g/mol. The first kappa shape index (κ1) is 16.1. The molecule has 0 aliphatic rings. The van der Waals surface area contributed by atoms with Crippen molar-refractivity contribution < 1.29 is 4.79 Å². The van der Waals surface area contributed by atoms with Crippen LogP contribution in [0.2, 0.25) is 0 Å². The van der Waals surface area contributed by atoms with Gasteiger partial charge in [-0.3, -0.25) is 4.79 Å². The van der Waals surface area contributed by atoms with E-state index in [0.717, 1.165) is 21.4 Å². The van der Waals surface area contributed by atoms with E-state index in [1.807, 2.05) is 55.5 Å². The summed E-state index contributed by atoms with van der Waals surface area (Å²) < 4.78 is 0.912. The number of aromatic nitrogens is 2. The molecule has 3 rings (SSSR count). The first-order chi connectivity index (χ1) is 11.6. The number of rotatable bonds is 4. The smallest absolute Gasteiger partial charge is 0.274 e. The van der Waals surface area contributed by atoms with Crippen molar-refractivity contribution in [3.05, 3.63) is 76.7 Å². The molecule has 1 amide bonds. The van der Waals surface area contributed by atoms with E-state index in [9.17, 15) is 4.79 Å². The predicted molar refractivity (Wildman–Crippen MR) is 98.6 cm³/mol. The first-order valence-corrected chi connectivity index (χ1v) is 8.13. The zero-order valence-corrected chi connectivity index (χ0v) is 14.5. The van der Waals surface area contributed by atoms with E-state index < -0.39 is 0 Å². The number of hydrogen-bond acceptors (Lipinski definition) is 4. The summed E-state index contributed by atoms with van der Waals surface area (Å²) in [7, 11) is 0. The van der Waals surface area contributed by atoms with E-state index in [1.165, 1.54) is 6.33 Å². The molecule has 3 aromatic rings. The number of benzene rings is 2. The zero-order chi connectivity index (χ0) is 16.9. The van der Waals surface area contributed by atoms with Gasteiger partial charge in [-0.15, -0.1) is 0 Å². The lowest BCUT2D eigenvalue weighted by Crippen LogP contribution is -2.15. The number of nitrogens with zero attached hydrogens (tertiary/aromatic N) is 2. The molecule has 0 atom stereocenters. The molecular weight excluding hydrogens is 368 g/mol. The highest BCUT2D eigenvalue weighted by Crippen LogP contribution is 2.24. The van der Waals surface area contributed by atoms with Crippen molar-refractivity contribution >= 4 is 39.0 Å². The Labute approximate surface area is 148 Å². The lowest BCUT2D eigenvalue weighted by Gasteiger charge is -2.10. The van der Waals surface area contributed by atoms with Crippen LogP contribution >= 0.6 is 15.9 Å². The Bertz CT molecular complexity index is 882. The first-order valence-electron chi connectivity index (χ1n) is 7.34. The summed E-state index contributed by atoms with van der Waals surface area (Å²) in [6.07, 6.45) is 1.37. The minimum absolute atomic E-state index is 0.276. The van der Waals surface area contributed by atoms with Gasteiger partial charge < -0.3 is 10.6 Å². The maximum absolute atomic E-state index is 12.4. The second-order valence-electron chi connectivity index (χ2n) is 5.16. The van der Waals surface area contributed by atoms with Gasteiger partial charge in [-0.1, -0.05) is 30.3 Å². The van der Waals surface area contributed by atoms with E-state index in [-0.39, 0.29) is 5.91 Å². The normalized spacial score (nSPS) is 10.2. The molecule has 2 N–H and O–H groups in total. The molecular formula is C18H15BrN4O. The standard InChI is InChI=1S/C18H15BrN4O/c1-12-6-2-4-8-14(12)23-18(24)16-10-17(21-11-20-16)22-15-9-5-3-7-13(15)19/h2-11H,1H3,(H,23,24)(H,20,21,22). The average Bonchev–Trinajstić information content (AvgIpc) is 2.59. The fourth-order valence-electron chi connectivity index (χ4n) is 2.15. The predicted octanol–water partition coefficient (Wildman–Crippen LogP) is 4.54. The van der Waals surface area contributed by atoms with E-state index in [2.05, 4.69) is 36.5 Å². The number of anilines is 3. The van der Waals surface area contributed by atoms with Gasteiger partial charge in [0.1, 0.15) is 17.8 Å². The van der Waals surface area contributed by atoms with Crippen molar-refractivity contribution in [2.45, 2.75) is 6.92 Å². The van der Waals surface area contributed by atoms with Gasteiger partial charge in [0.25, 0.3) is 5.91 Å². The molecule has 2 aromatic carbocycles. The van der Waals surface area contributed by atoms with E-state index in [1.54, 1.807) is 6.07 Å². The van der Waals surface area contributed by atoms with Crippen LogP contribution in [-0.2, 0) is 0 Å². The van der Waals surface area contributed by atoms with Gasteiger partial charge in [-0.25, -0.2) is 9.97 Å². The average molecular weight is 383 g/mol. The number of carbonyl (C=O) groups excluding carboxylic acids is 1. The molecule has 0 aliphatic heterocycles. The molecule has 120 valence electrons. The SMILES string of the molecule is Cc1ccccc1NC(=O)c1cc(Nc2ccccc2Br)ncn1. The fourth-order valence-corrected chi connectivity index (χ4v) is 2.53. The summed E-state index contributed by atoms with van der Waals surface area (Å²) in [5.74, 6) is 0.272. The van der Waals surface area contributed by atoms with Crippen molar-refractivity contribution in [1.82, 2.24) is 9.97 Å². The number of nitrogens with one attached hydrogen (secondary N) is 2. The van der Waals surface area contributed by atoms with Gasteiger partial charge in [-0.05, 0) is 46.6 Å². The third kappa shape index (κ3) is 3.78. The molecule has 1 aromatic heterocycles. The lowest BCUT2D eigenvalue weighted by molar-refractivity contribution is 0.102. The minimum atomic E-state index is -0.276. The summed E-state index contributed by atoms with van der Waals surface area (Å²) in [6.45, 7) is 1.94. The van der Waals surface area contributed by atoms with Crippen molar-refractivity contribution in [2.24, 2.45) is 0 Å². The summed E-state index contributed by atoms with van der Waals surface area (Å²) in [5.41, 5.74) is 2.91. The van der Waals surface area contributed by atoms with Crippen LogP contribution in [-0.4, -0.2) is 15.9 Å². The molecule has 0 saturated heterocycles. The molecule has 0 fully saturated rings. The summed E-state index contributed by atoms with van der Waals surface area (Å²) in [5, 5.41) is 6.03. The van der Waals surface area contributed by atoms with E-state index >= 15 is 0 Å². The van der Waals surface area contributed by atoms with Crippen LogP contribution in [0.3, 0.4) is 0 Å². The molecule has 0 aliphatic carbocycles. The van der Waals surface area contributed by atoms with E-state index in [4.69, 9.17) is 0 Å². The topological polar surface area (TPSA) is 66.9 Å². The molecule has 0 spiro atoms. The van der Waals surface area contributed by atoms with Crippen LogP contribution in [0.4, 0.5) is 17.2 Å². The van der Waals surface area contributed by atoms with Gasteiger partial charge >= 0.3 is 0 Å². The Balaban J connectivity index is 1.79. The highest BCUT2D eigenvalue weighted by molar-refractivity contribution is 9.10. The molecule has 0 unspecified atom stereocenters. The third-order valence-electron chi connectivity index (χ3n) is 3.43. The van der Waals surface area contributed by atoms with Crippen LogP contribution in [0.25, 0.3) is 0 Å². The number of halogens is 1. The quantitative estimate of drug-likeness (QED) is 0.694. The molecule has 0 saturated carbocycles. The van der Waals surface area contributed by atoms with Gasteiger partial charge in [-0.2, -0.15) is 0 Å². The Morgan fingerprint density at radius 3 is 2.46 bits per heavy atom. The van der Waals surface area contributed by atoms with Crippen LogP contribution in [0.1, 0.15) is 16.1 Å². The van der Waals surface area contributed by atoms with Crippen molar-refractivity contribution in [3.8, 4) is 0 Å². The highest BCUT2D eigenvalue weighted by atomic mass is 79.9. The summed E-state index contributed by atoms with van der Waals surface area (Å²) >= 11 is 3.47.